The van der Waals surface area contributed by atoms with E-state index in [0.717, 1.165) is 6.08 Å². The van der Waals surface area contributed by atoms with Gasteiger partial charge in [-0.2, -0.15) is 0 Å². The molecular weight excluding hydrogens is 198 g/mol. The molecule has 5 heteroatoms. The maximum absolute atomic E-state index is 10.9. The highest BCUT2D eigenvalue weighted by atomic mass is 16.7. The summed E-state index contributed by atoms with van der Waals surface area (Å²) in [4.78, 5) is 21.7. The van der Waals surface area contributed by atoms with Gasteiger partial charge >= 0.3 is 5.97 Å². The van der Waals surface area contributed by atoms with Crippen molar-refractivity contribution in [1.29, 1.82) is 0 Å². The zero-order valence-electron chi connectivity index (χ0n) is 9.12. The van der Waals surface area contributed by atoms with Crippen molar-refractivity contribution in [2.75, 3.05) is 6.73 Å². The molecule has 0 aromatic rings. The Morgan fingerprint density at radius 1 is 1.47 bits per heavy atom. The van der Waals surface area contributed by atoms with Gasteiger partial charge in [0.15, 0.2) is 0 Å². The van der Waals surface area contributed by atoms with Gasteiger partial charge in [0, 0.05) is 12.8 Å². The lowest BCUT2D eigenvalue weighted by molar-refractivity contribution is -0.180. The molecule has 0 aliphatic heterocycles. The first kappa shape index (κ1) is 13.6. The minimum Gasteiger partial charge on any atom is -0.436 e. The van der Waals surface area contributed by atoms with Crippen molar-refractivity contribution >= 4 is 11.9 Å². The Morgan fingerprint density at radius 3 is 2.60 bits per heavy atom. The molecule has 0 aromatic heterocycles. The third kappa shape index (κ3) is 6.68. The zero-order chi connectivity index (χ0) is 11.7. The number of ether oxygens (including phenoxy) is 2. The molecule has 0 rings (SSSR count). The Morgan fingerprint density at radius 2 is 2.13 bits per heavy atom. The maximum Gasteiger partial charge on any atom is 0.307 e. The van der Waals surface area contributed by atoms with E-state index in [0.29, 0.717) is 12.8 Å². The van der Waals surface area contributed by atoms with Crippen LogP contribution in [0.4, 0.5) is 0 Å². The minimum absolute atomic E-state index is 0.000351. The van der Waals surface area contributed by atoms with Crippen LogP contribution in [0.2, 0.25) is 0 Å². The largest absolute Gasteiger partial charge is 0.436 e. The van der Waals surface area contributed by atoms with Gasteiger partial charge in [0.1, 0.15) is 6.73 Å². The van der Waals surface area contributed by atoms with Crippen LogP contribution in [0, 0.1) is 0 Å². The molecule has 86 valence electrons. The summed E-state index contributed by atoms with van der Waals surface area (Å²) >= 11 is 0. The quantitative estimate of drug-likeness (QED) is 0.390. The third-order valence-electron chi connectivity index (χ3n) is 1.59. The summed E-state index contributed by atoms with van der Waals surface area (Å²) in [6.07, 6.45) is 1.37. The van der Waals surface area contributed by atoms with Crippen LogP contribution in [0.15, 0.2) is 12.7 Å². The van der Waals surface area contributed by atoms with Crippen LogP contribution in [0.3, 0.4) is 0 Å². The van der Waals surface area contributed by atoms with Gasteiger partial charge in [0.2, 0.25) is 12.2 Å². The van der Waals surface area contributed by atoms with Crippen molar-refractivity contribution < 1.29 is 19.1 Å². The van der Waals surface area contributed by atoms with E-state index >= 15 is 0 Å². The van der Waals surface area contributed by atoms with Crippen LogP contribution in [0.25, 0.3) is 0 Å². The van der Waals surface area contributed by atoms with Crippen LogP contribution in [-0.4, -0.2) is 24.9 Å². The Balaban J connectivity index is 3.75. The summed E-state index contributed by atoms with van der Waals surface area (Å²) in [6, 6.07) is 0. The molecule has 0 bridgehead atoms. The zero-order valence-corrected chi connectivity index (χ0v) is 9.12. The molecular formula is C10H17NO4. The lowest BCUT2D eigenvalue weighted by Crippen LogP contribution is -2.29. The molecule has 1 N–H and O–H groups in total. The van der Waals surface area contributed by atoms with Gasteiger partial charge in [0.25, 0.3) is 0 Å². The first-order valence-corrected chi connectivity index (χ1v) is 4.85. The Bertz CT molecular complexity index is 227. The average Bonchev–Trinajstić information content (AvgIpc) is 2.26. The topological polar surface area (TPSA) is 64.6 Å². The number of hydrogen-bond acceptors (Lipinski definition) is 4. The SMILES string of the molecule is C=CC(=O)NCOC(CC)OC(=O)CC. The van der Waals surface area contributed by atoms with Crippen LogP contribution in [-0.2, 0) is 19.1 Å². The fraction of sp³-hybridized carbons (Fsp3) is 0.600. The molecule has 5 nitrogen and oxygen atoms in total. The molecule has 1 unspecified atom stereocenters. The predicted octanol–water partition coefficient (Wildman–Crippen LogP) is 0.952. The fourth-order valence-electron chi connectivity index (χ4n) is 0.743. The molecule has 0 aliphatic rings. The van der Waals surface area contributed by atoms with E-state index in [1.807, 2.05) is 6.92 Å². The van der Waals surface area contributed by atoms with Crippen molar-refractivity contribution in [2.45, 2.75) is 33.0 Å². The van der Waals surface area contributed by atoms with Gasteiger partial charge < -0.3 is 14.8 Å². The standard InChI is InChI=1S/C10H17NO4/c1-4-8(12)11-7-14-10(6-3)15-9(13)5-2/h4,10H,1,5-7H2,2-3H3,(H,11,12). The predicted molar refractivity (Wildman–Crippen MR) is 54.8 cm³/mol. The van der Waals surface area contributed by atoms with Gasteiger partial charge in [-0.25, -0.2) is 0 Å². The molecule has 0 saturated heterocycles. The number of amides is 1. The molecule has 0 saturated carbocycles. The monoisotopic (exact) mass is 215 g/mol. The number of nitrogens with one attached hydrogen (secondary N) is 1. The molecule has 0 radical (unpaired) electrons. The van der Waals surface area contributed by atoms with Crippen LogP contribution < -0.4 is 5.32 Å². The Kier molecular flexibility index (Phi) is 7.27. The lowest BCUT2D eigenvalue weighted by atomic mass is 10.4. The van der Waals surface area contributed by atoms with E-state index in [1.165, 1.54) is 0 Å². The molecule has 15 heavy (non-hydrogen) atoms. The molecule has 0 aromatic carbocycles. The summed E-state index contributed by atoms with van der Waals surface area (Å²) in [5.74, 6) is -0.649. The van der Waals surface area contributed by atoms with Crippen LogP contribution in [0.5, 0.6) is 0 Å². The van der Waals surface area contributed by atoms with Gasteiger partial charge in [-0.05, 0) is 6.08 Å². The number of rotatable bonds is 7. The molecule has 1 amide bonds. The summed E-state index contributed by atoms with van der Waals surface area (Å²) in [5.41, 5.74) is 0. The first-order valence-electron chi connectivity index (χ1n) is 4.85. The van der Waals surface area contributed by atoms with Gasteiger partial charge in [-0.1, -0.05) is 20.4 Å². The van der Waals surface area contributed by atoms with Gasteiger partial charge in [-0.15, -0.1) is 0 Å². The number of carbonyl (C=O) groups excluding carboxylic acids is 2. The van der Waals surface area contributed by atoms with E-state index in [2.05, 4.69) is 11.9 Å². The Labute approximate surface area is 89.4 Å². The van der Waals surface area contributed by atoms with Gasteiger partial charge in [-0.3, -0.25) is 9.59 Å². The summed E-state index contributed by atoms with van der Waals surface area (Å²) < 4.78 is 10.0. The highest BCUT2D eigenvalue weighted by Crippen LogP contribution is 2.01. The fourth-order valence-corrected chi connectivity index (χ4v) is 0.743. The van der Waals surface area contributed by atoms with E-state index in [-0.39, 0.29) is 18.6 Å². The van der Waals surface area contributed by atoms with Crippen molar-refractivity contribution in [2.24, 2.45) is 0 Å². The van der Waals surface area contributed by atoms with Crippen LogP contribution >= 0.6 is 0 Å². The lowest BCUT2D eigenvalue weighted by Gasteiger charge is -2.16. The van der Waals surface area contributed by atoms with Crippen molar-refractivity contribution in [3.63, 3.8) is 0 Å². The van der Waals surface area contributed by atoms with E-state index < -0.39 is 6.29 Å². The normalized spacial score (nSPS) is 11.6. The van der Waals surface area contributed by atoms with E-state index in [9.17, 15) is 9.59 Å². The second kappa shape index (κ2) is 7.99. The van der Waals surface area contributed by atoms with Crippen LogP contribution in [0.1, 0.15) is 26.7 Å². The molecule has 1 atom stereocenters. The van der Waals surface area contributed by atoms with E-state index in [4.69, 9.17) is 9.47 Å². The smallest absolute Gasteiger partial charge is 0.307 e. The molecule has 0 fully saturated rings. The molecule has 0 spiro atoms. The summed E-state index contributed by atoms with van der Waals surface area (Å²) in [7, 11) is 0. The average molecular weight is 215 g/mol. The number of carbonyl (C=O) groups is 2. The number of hydrogen-bond donors (Lipinski definition) is 1. The summed E-state index contributed by atoms with van der Waals surface area (Å²) in [6.45, 7) is 6.81. The molecule has 0 aliphatic carbocycles. The summed E-state index contributed by atoms with van der Waals surface area (Å²) in [5, 5.41) is 2.42. The highest BCUT2D eigenvalue weighted by Gasteiger charge is 2.10. The van der Waals surface area contributed by atoms with Crippen molar-refractivity contribution in [3.8, 4) is 0 Å². The number of esters is 1. The molecule has 0 heterocycles. The Hall–Kier alpha value is -1.36. The second-order valence-electron chi connectivity index (χ2n) is 2.74. The van der Waals surface area contributed by atoms with Gasteiger partial charge in [0.05, 0.1) is 0 Å². The van der Waals surface area contributed by atoms with E-state index in [1.54, 1.807) is 6.92 Å². The van der Waals surface area contributed by atoms with Crippen molar-refractivity contribution in [1.82, 2.24) is 5.32 Å². The minimum atomic E-state index is -0.609. The van der Waals surface area contributed by atoms with Crippen molar-refractivity contribution in [3.05, 3.63) is 12.7 Å². The maximum atomic E-state index is 10.9. The highest BCUT2D eigenvalue weighted by molar-refractivity contribution is 5.86. The third-order valence-corrected chi connectivity index (χ3v) is 1.59. The first-order chi connectivity index (χ1) is 7.13. The second-order valence-corrected chi connectivity index (χ2v) is 2.74.